The van der Waals surface area contributed by atoms with E-state index in [1.54, 1.807) is 53.3 Å². The maximum atomic E-state index is 12.3. The Balaban J connectivity index is 1.59. The monoisotopic (exact) mass is 404 g/mol. The first-order valence-electron chi connectivity index (χ1n) is 8.36. The van der Waals surface area contributed by atoms with Crippen molar-refractivity contribution in [1.82, 2.24) is 14.9 Å². The van der Waals surface area contributed by atoms with Gasteiger partial charge in [0.25, 0.3) is 5.91 Å². The van der Waals surface area contributed by atoms with E-state index in [0.29, 0.717) is 22.7 Å². The SMILES string of the molecule is COc1ccc(C(=O)NCCS(=O)(=O)Nc2ccn3nccc3c2)c(OC)c1. The predicted octanol–water partition coefficient (Wildman–Crippen LogP) is 1.52. The van der Waals surface area contributed by atoms with Crippen molar-refractivity contribution >= 4 is 27.1 Å². The van der Waals surface area contributed by atoms with E-state index >= 15 is 0 Å². The highest BCUT2D eigenvalue weighted by Crippen LogP contribution is 2.24. The second-order valence-electron chi connectivity index (χ2n) is 5.86. The van der Waals surface area contributed by atoms with Crippen molar-refractivity contribution in [2.45, 2.75) is 0 Å². The molecule has 2 heterocycles. The third kappa shape index (κ3) is 4.52. The fourth-order valence-electron chi connectivity index (χ4n) is 2.60. The van der Waals surface area contributed by atoms with E-state index in [-0.39, 0.29) is 12.3 Å². The number of carbonyl (C=O) groups is 1. The van der Waals surface area contributed by atoms with E-state index < -0.39 is 15.9 Å². The molecule has 9 nitrogen and oxygen atoms in total. The third-order valence-electron chi connectivity index (χ3n) is 3.98. The molecule has 28 heavy (non-hydrogen) atoms. The fourth-order valence-corrected chi connectivity index (χ4v) is 3.55. The fraction of sp³-hybridized carbons (Fsp3) is 0.222. The molecule has 0 bridgehead atoms. The van der Waals surface area contributed by atoms with E-state index in [9.17, 15) is 13.2 Å². The molecule has 2 N–H and O–H groups in total. The minimum Gasteiger partial charge on any atom is -0.497 e. The summed E-state index contributed by atoms with van der Waals surface area (Å²) < 4.78 is 38.9. The van der Waals surface area contributed by atoms with Crippen LogP contribution in [0.3, 0.4) is 0 Å². The van der Waals surface area contributed by atoms with Crippen molar-refractivity contribution < 1.29 is 22.7 Å². The van der Waals surface area contributed by atoms with Gasteiger partial charge in [-0.3, -0.25) is 9.52 Å². The minimum atomic E-state index is -3.64. The number of amides is 1. The summed E-state index contributed by atoms with van der Waals surface area (Å²) in [7, 11) is -0.683. The van der Waals surface area contributed by atoms with Gasteiger partial charge in [-0.05, 0) is 30.3 Å². The van der Waals surface area contributed by atoms with Gasteiger partial charge in [-0.15, -0.1) is 0 Å². The number of nitrogens with zero attached hydrogens (tertiary/aromatic N) is 2. The topological polar surface area (TPSA) is 111 Å². The summed E-state index contributed by atoms with van der Waals surface area (Å²) in [4.78, 5) is 12.3. The van der Waals surface area contributed by atoms with Crippen LogP contribution >= 0.6 is 0 Å². The summed E-state index contributed by atoms with van der Waals surface area (Å²) >= 11 is 0. The van der Waals surface area contributed by atoms with E-state index in [1.807, 2.05) is 0 Å². The van der Waals surface area contributed by atoms with E-state index in [0.717, 1.165) is 5.52 Å². The van der Waals surface area contributed by atoms with Crippen molar-refractivity contribution in [2.24, 2.45) is 0 Å². The molecule has 3 aromatic rings. The number of benzene rings is 1. The number of rotatable bonds is 8. The quantitative estimate of drug-likeness (QED) is 0.589. The number of aromatic nitrogens is 2. The van der Waals surface area contributed by atoms with Crippen LogP contribution in [0.1, 0.15) is 10.4 Å². The Kier molecular flexibility index (Phi) is 5.69. The van der Waals surface area contributed by atoms with Gasteiger partial charge in [-0.2, -0.15) is 5.10 Å². The molecule has 1 aromatic carbocycles. The van der Waals surface area contributed by atoms with Gasteiger partial charge in [-0.1, -0.05) is 0 Å². The molecule has 0 spiro atoms. The zero-order valence-corrected chi connectivity index (χ0v) is 16.2. The first kappa shape index (κ1) is 19.5. The Labute approximate surface area is 162 Å². The Morgan fingerprint density at radius 2 is 1.96 bits per heavy atom. The van der Waals surface area contributed by atoms with Crippen molar-refractivity contribution in [3.05, 3.63) is 54.4 Å². The third-order valence-corrected chi connectivity index (χ3v) is 5.27. The standard InChI is InChI=1S/C18H20N4O5S/c1-26-15-3-4-16(17(12-15)27-2)18(23)19-8-10-28(24,25)21-13-6-9-22-14(11-13)5-7-20-22/h3-7,9,11-12,21H,8,10H2,1-2H3,(H,19,23). The van der Waals surface area contributed by atoms with Crippen LogP contribution in [0.25, 0.3) is 5.52 Å². The molecule has 0 saturated carbocycles. The molecule has 0 radical (unpaired) electrons. The predicted molar refractivity (Wildman–Crippen MR) is 104 cm³/mol. The van der Waals surface area contributed by atoms with Crippen LogP contribution in [0.2, 0.25) is 0 Å². The molecule has 10 heteroatoms. The highest BCUT2D eigenvalue weighted by Gasteiger charge is 2.15. The average molecular weight is 404 g/mol. The molecule has 0 fully saturated rings. The van der Waals surface area contributed by atoms with Gasteiger partial charge in [0.1, 0.15) is 11.5 Å². The first-order valence-corrected chi connectivity index (χ1v) is 10.0. The van der Waals surface area contributed by atoms with Crippen LogP contribution in [0, 0.1) is 0 Å². The van der Waals surface area contributed by atoms with Crippen LogP contribution in [0.15, 0.2) is 48.8 Å². The van der Waals surface area contributed by atoms with Crippen molar-refractivity contribution in [3.63, 3.8) is 0 Å². The van der Waals surface area contributed by atoms with Gasteiger partial charge in [0.2, 0.25) is 10.0 Å². The second-order valence-corrected chi connectivity index (χ2v) is 7.70. The second kappa shape index (κ2) is 8.17. The number of ether oxygens (including phenoxy) is 2. The maximum absolute atomic E-state index is 12.3. The zero-order chi connectivity index (χ0) is 20.1. The van der Waals surface area contributed by atoms with E-state index in [1.165, 1.54) is 14.2 Å². The van der Waals surface area contributed by atoms with Crippen molar-refractivity contribution in [2.75, 3.05) is 31.2 Å². The lowest BCUT2D eigenvalue weighted by molar-refractivity contribution is 0.0953. The number of carbonyl (C=O) groups excluding carboxylic acids is 1. The van der Waals surface area contributed by atoms with Crippen molar-refractivity contribution in [3.8, 4) is 11.5 Å². The molecule has 0 atom stereocenters. The lowest BCUT2D eigenvalue weighted by atomic mass is 10.2. The summed E-state index contributed by atoms with van der Waals surface area (Å²) in [6.07, 6.45) is 3.28. The Bertz CT molecular complexity index is 1090. The molecule has 0 saturated heterocycles. The number of pyridine rings is 1. The minimum absolute atomic E-state index is 0.0573. The smallest absolute Gasteiger partial charge is 0.255 e. The van der Waals surface area contributed by atoms with E-state index in [2.05, 4.69) is 15.1 Å². The molecule has 3 rings (SSSR count). The Morgan fingerprint density at radius 1 is 1.14 bits per heavy atom. The van der Waals surface area contributed by atoms with Crippen LogP contribution in [0.5, 0.6) is 11.5 Å². The molecule has 0 aliphatic rings. The van der Waals surface area contributed by atoms with Crippen LogP contribution < -0.4 is 19.5 Å². The molecular weight excluding hydrogens is 384 g/mol. The number of fused-ring (bicyclic) bond motifs is 1. The van der Waals surface area contributed by atoms with Crippen LogP contribution in [0.4, 0.5) is 5.69 Å². The number of hydrogen-bond acceptors (Lipinski definition) is 6. The lowest BCUT2D eigenvalue weighted by Crippen LogP contribution is -2.31. The number of methoxy groups -OCH3 is 2. The molecular formula is C18H20N4O5S. The molecule has 2 aromatic heterocycles. The van der Waals surface area contributed by atoms with Gasteiger partial charge in [0.05, 0.1) is 36.7 Å². The Morgan fingerprint density at radius 3 is 2.71 bits per heavy atom. The lowest BCUT2D eigenvalue weighted by Gasteiger charge is -2.12. The zero-order valence-electron chi connectivity index (χ0n) is 15.4. The molecule has 1 amide bonds. The number of hydrogen-bond donors (Lipinski definition) is 2. The summed E-state index contributed by atoms with van der Waals surface area (Å²) in [6.45, 7) is -0.0573. The number of anilines is 1. The highest BCUT2D eigenvalue weighted by molar-refractivity contribution is 7.92. The number of nitrogens with one attached hydrogen (secondary N) is 2. The summed E-state index contributed by atoms with van der Waals surface area (Å²) in [5, 5.41) is 6.64. The maximum Gasteiger partial charge on any atom is 0.255 e. The molecule has 0 aliphatic carbocycles. The van der Waals surface area contributed by atoms with Crippen LogP contribution in [-0.2, 0) is 10.0 Å². The van der Waals surface area contributed by atoms with Crippen molar-refractivity contribution in [1.29, 1.82) is 0 Å². The first-order chi connectivity index (χ1) is 13.4. The molecule has 0 aliphatic heterocycles. The summed E-state index contributed by atoms with van der Waals surface area (Å²) in [5.74, 6) is 0.180. The van der Waals surface area contributed by atoms with Crippen LogP contribution in [-0.4, -0.2) is 50.5 Å². The molecule has 0 unspecified atom stereocenters. The molecule has 148 valence electrons. The largest absolute Gasteiger partial charge is 0.497 e. The van der Waals surface area contributed by atoms with Gasteiger partial charge >= 0.3 is 0 Å². The average Bonchev–Trinajstić information content (AvgIpc) is 3.14. The summed E-state index contributed by atoms with van der Waals surface area (Å²) in [6, 6.07) is 9.81. The van der Waals surface area contributed by atoms with Gasteiger partial charge in [-0.25, -0.2) is 12.9 Å². The van der Waals surface area contributed by atoms with Gasteiger partial charge in [0, 0.05) is 25.0 Å². The van der Waals surface area contributed by atoms with E-state index in [4.69, 9.17) is 9.47 Å². The summed E-state index contributed by atoms with van der Waals surface area (Å²) in [5.41, 5.74) is 1.48. The Hall–Kier alpha value is -3.27. The highest BCUT2D eigenvalue weighted by atomic mass is 32.2. The normalized spacial score (nSPS) is 11.2. The van der Waals surface area contributed by atoms with Gasteiger partial charge < -0.3 is 14.8 Å². The van der Waals surface area contributed by atoms with Gasteiger partial charge in [0.15, 0.2) is 0 Å². The number of sulfonamides is 1.